The Bertz CT molecular complexity index is 1420. The second-order valence-corrected chi connectivity index (χ2v) is 17.8. The van der Waals surface area contributed by atoms with Gasteiger partial charge in [0, 0.05) is 44.4 Å². The Kier molecular flexibility index (Phi) is 12.2. The van der Waals surface area contributed by atoms with Crippen molar-refractivity contribution in [3.8, 4) is 24.7 Å². The first-order valence-corrected chi connectivity index (χ1v) is 18.9. The highest BCUT2D eigenvalue weighted by Crippen LogP contribution is 2.65. The van der Waals surface area contributed by atoms with E-state index in [1.54, 1.807) is 4.90 Å². The van der Waals surface area contributed by atoms with E-state index in [0.717, 1.165) is 25.5 Å². The van der Waals surface area contributed by atoms with Crippen LogP contribution in [0.2, 0.25) is 0 Å². The van der Waals surface area contributed by atoms with Gasteiger partial charge < -0.3 is 15.5 Å². The SMILES string of the molecule is C#CCCCC(=O)C(=O)C(CCC#C)CC(=O)[C@@H]1[C@@H]2[C@H](CN1C(=O)[C@@H](NC(=O)NC1(CS(C)(=O)=O)CCCCC1)C(C)(C)C)C2(C)C. The van der Waals surface area contributed by atoms with Crippen LogP contribution in [0.15, 0.2) is 0 Å². The topological polar surface area (TPSA) is 147 Å². The van der Waals surface area contributed by atoms with Crippen molar-refractivity contribution in [3.63, 3.8) is 0 Å². The Balaban J connectivity index is 1.84. The number of hydrogen-bond donors (Lipinski definition) is 2. The zero-order chi connectivity index (χ0) is 35.4. The van der Waals surface area contributed by atoms with Crippen molar-refractivity contribution in [2.24, 2.45) is 28.6 Å². The van der Waals surface area contributed by atoms with E-state index in [2.05, 4.69) is 36.3 Å². The van der Waals surface area contributed by atoms with Gasteiger partial charge in [0.1, 0.15) is 15.9 Å². The number of hydrogen-bond acceptors (Lipinski definition) is 7. The molecular formula is C36H53N3O7S. The van der Waals surface area contributed by atoms with E-state index < -0.39 is 62.3 Å². The Morgan fingerprint density at radius 3 is 2.17 bits per heavy atom. The van der Waals surface area contributed by atoms with Gasteiger partial charge in [-0.2, -0.15) is 0 Å². The maximum Gasteiger partial charge on any atom is 0.315 e. The molecule has 11 heteroatoms. The summed E-state index contributed by atoms with van der Waals surface area (Å²) in [5.74, 6) is 1.90. The second kappa shape index (κ2) is 14.9. The van der Waals surface area contributed by atoms with Crippen molar-refractivity contribution >= 4 is 39.1 Å². The predicted octanol–water partition coefficient (Wildman–Crippen LogP) is 3.86. The smallest absolute Gasteiger partial charge is 0.315 e. The summed E-state index contributed by atoms with van der Waals surface area (Å²) in [6.45, 7) is 9.90. The van der Waals surface area contributed by atoms with Crippen LogP contribution in [0, 0.1) is 53.3 Å². The van der Waals surface area contributed by atoms with Gasteiger partial charge in [-0.1, -0.05) is 53.9 Å². The lowest BCUT2D eigenvalue weighted by Crippen LogP contribution is -2.63. The molecule has 1 saturated heterocycles. The minimum atomic E-state index is -3.40. The zero-order valence-corrected chi connectivity index (χ0v) is 29.8. The number of carbonyl (C=O) groups excluding carboxylic acids is 5. The Hall–Kier alpha value is -3.18. The number of carbonyl (C=O) groups is 5. The predicted molar refractivity (Wildman–Crippen MR) is 181 cm³/mol. The number of fused-ring (bicyclic) bond motifs is 1. The summed E-state index contributed by atoms with van der Waals surface area (Å²) in [4.78, 5) is 69.3. The monoisotopic (exact) mass is 671 g/mol. The molecule has 1 aliphatic heterocycles. The van der Waals surface area contributed by atoms with Gasteiger partial charge in [0.15, 0.2) is 11.6 Å². The van der Waals surface area contributed by atoms with Crippen LogP contribution in [0.1, 0.15) is 105 Å². The van der Waals surface area contributed by atoms with Crippen molar-refractivity contribution in [2.75, 3.05) is 18.6 Å². The lowest BCUT2D eigenvalue weighted by atomic mass is 9.82. The van der Waals surface area contributed by atoms with Crippen LogP contribution in [-0.2, 0) is 29.0 Å². The maximum absolute atomic E-state index is 14.3. The molecule has 3 aliphatic rings. The molecule has 47 heavy (non-hydrogen) atoms. The molecule has 3 fully saturated rings. The van der Waals surface area contributed by atoms with Crippen LogP contribution >= 0.6 is 0 Å². The largest absolute Gasteiger partial charge is 0.332 e. The molecule has 0 aromatic carbocycles. The standard InChI is InChI=1S/C36H53N3O7S/c1-9-11-14-18-26(40)30(42)24(17-12-10-2)21-27(41)29-28-25(35(28,6)7)22-39(29)32(43)31(34(3,4)5)37-33(44)38-36(23-47(8,45)46)19-15-13-16-20-36/h1-2,24-25,28-29,31H,11-23H2,3-8H3,(H2,37,38,44)/t24?,25-,28-,29+,31+/m0/s1. The molecule has 2 N–H and O–H groups in total. The summed E-state index contributed by atoms with van der Waals surface area (Å²) in [5, 5.41) is 5.77. The van der Waals surface area contributed by atoms with Crippen molar-refractivity contribution < 1.29 is 32.4 Å². The number of Topliss-reactive ketones (excluding diaryl/α,β-unsaturated/α-hetero) is 3. The normalized spacial score (nSPS) is 24.1. The first-order chi connectivity index (χ1) is 21.8. The number of nitrogens with one attached hydrogen (secondary N) is 2. The third-order valence-corrected chi connectivity index (χ3v) is 11.5. The third-order valence-electron chi connectivity index (χ3n) is 10.4. The minimum Gasteiger partial charge on any atom is -0.332 e. The van der Waals surface area contributed by atoms with Gasteiger partial charge in [-0.05, 0) is 48.3 Å². The van der Waals surface area contributed by atoms with Crippen molar-refractivity contribution in [2.45, 2.75) is 123 Å². The second-order valence-electron chi connectivity index (χ2n) is 15.7. The molecule has 3 rings (SSSR count). The molecule has 1 heterocycles. The summed E-state index contributed by atoms with van der Waals surface area (Å²) in [6, 6.07) is -2.46. The number of terminal acetylenes is 2. The average molecular weight is 672 g/mol. The van der Waals surface area contributed by atoms with E-state index in [1.165, 1.54) is 0 Å². The van der Waals surface area contributed by atoms with E-state index >= 15 is 0 Å². The number of piperidine rings is 1. The van der Waals surface area contributed by atoms with Crippen LogP contribution in [0.4, 0.5) is 4.79 Å². The van der Waals surface area contributed by atoms with E-state index in [-0.39, 0.29) is 54.5 Å². The highest BCUT2D eigenvalue weighted by atomic mass is 32.2. The summed E-state index contributed by atoms with van der Waals surface area (Å²) in [5.41, 5.74) is -1.87. The van der Waals surface area contributed by atoms with Crippen LogP contribution in [0.5, 0.6) is 0 Å². The summed E-state index contributed by atoms with van der Waals surface area (Å²) in [6.07, 6.45) is 16.4. The quantitative estimate of drug-likeness (QED) is 0.153. The van der Waals surface area contributed by atoms with Crippen LogP contribution in [0.25, 0.3) is 0 Å². The fourth-order valence-electron chi connectivity index (χ4n) is 7.79. The van der Waals surface area contributed by atoms with Crippen molar-refractivity contribution in [3.05, 3.63) is 0 Å². The minimum absolute atomic E-state index is 0.00200. The molecule has 0 bridgehead atoms. The van der Waals surface area contributed by atoms with Crippen LogP contribution < -0.4 is 10.6 Å². The van der Waals surface area contributed by atoms with Crippen molar-refractivity contribution in [1.82, 2.24) is 15.5 Å². The van der Waals surface area contributed by atoms with Gasteiger partial charge in [0.05, 0.1) is 17.3 Å². The van der Waals surface area contributed by atoms with Gasteiger partial charge in [-0.15, -0.1) is 24.7 Å². The number of urea groups is 1. The van der Waals surface area contributed by atoms with E-state index in [1.807, 2.05) is 20.8 Å². The number of likely N-dealkylation sites (tertiary alicyclic amines) is 1. The Morgan fingerprint density at radius 2 is 1.62 bits per heavy atom. The molecule has 2 aliphatic carbocycles. The lowest BCUT2D eigenvalue weighted by Gasteiger charge is -2.40. The number of amides is 3. The molecule has 5 atom stereocenters. The van der Waals surface area contributed by atoms with E-state index in [0.29, 0.717) is 32.2 Å². The van der Waals surface area contributed by atoms with Gasteiger partial charge >= 0.3 is 6.03 Å². The van der Waals surface area contributed by atoms with Crippen LogP contribution in [-0.4, -0.2) is 78.8 Å². The molecule has 260 valence electrons. The summed E-state index contributed by atoms with van der Waals surface area (Å²) in [7, 11) is -3.40. The number of sulfone groups is 1. The third kappa shape index (κ3) is 9.47. The number of nitrogens with zero attached hydrogens (tertiary/aromatic N) is 1. The van der Waals surface area contributed by atoms with Gasteiger partial charge in [-0.25, -0.2) is 13.2 Å². The maximum atomic E-state index is 14.3. The van der Waals surface area contributed by atoms with Crippen molar-refractivity contribution in [1.29, 1.82) is 0 Å². The Morgan fingerprint density at radius 1 is 1.00 bits per heavy atom. The van der Waals surface area contributed by atoms with Gasteiger partial charge in [0.25, 0.3) is 0 Å². The van der Waals surface area contributed by atoms with Crippen LogP contribution in [0.3, 0.4) is 0 Å². The molecule has 2 saturated carbocycles. The lowest BCUT2D eigenvalue weighted by molar-refractivity contribution is -0.144. The highest BCUT2D eigenvalue weighted by molar-refractivity contribution is 7.90. The molecule has 0 aromatic heterocycles. The Labute approximate surface area is 281 Å². The highest BCUT2D eigenvalue weighted by Gasteiger charge is 2.69. The van der Waals surface area contributed by atoms with E-state index in [9.17, 15) is 32.4 Å². The van der Waals surface area contributed by atoms with E-state index in [4.69, 9.17) is 12.8 Å². The molecule has 3 amide bonds. The van der Waals surface area contributed by atoms with Gasteiger partial charge in [-0.3, -0.25) is 19.2 Å². The molecule has 0 radical (unpaired) electrons. The van der Waals surface area contributed by atoms with Gasteiger partial charge in [0.2, 0.25) is 11.7 Å². The fourth-order valence-corrected chi connectivity index (χ4v) is 9.15. The molecule has 1 unspecified atom stereocenters. The number of unbranched alkanes of at least 4 members (excludes halogenated alkanes) is 1. The molecule has 0 aromatic rings. The first-order valence-electron chi connectivity index (χ1n) is 16.8. The molecule has 0 spiro atoms. The first kappa shape index (κ1) is 38.3. The number of ketones is 3. The fraction of sp³-hybridized carbons (Fsp3) is 0.750. The summed E-state index contributed by atoms with van der Waals surface area (Å²) < 4.78 is 24.6. The molecule has 10 nitrogen and oxygen atoms in total. The zero-order valence-electron chi connectivity index (χ0n) is 28.9. The average Bonchev–Trinajstić information content (AvgIpc) is 3.27. The summed E-state index contributed by atoms with van der Waals surface area (Å²) >= 11 is 0. The number of rotatable bonds is 15. The molecular weight excluding hydrogens is 618 g/mol.